The summed E-state index contributed by atoms with van der Waals surface area (Å²) in [5.74, 6) is 0.194. The van der Waals surface area contributed by atoms with Gasteiger partial charge in [0.15, 0.2) is 11.6 Å². The molecule has 0 bridgehead atoms. The molecule has 1 aliphatic heterocycles. The van der Waals surface area contributed by atoms with Crippen molar-refractivity contribution in [2.24, 2.45) is 0 Å². The van der Waals surface area contributed by atoms with Crippen LogP contribution in [0.4, 0.5) is 10.1 Å². The number of nitrogens with zero attached hydrogens (tertiary/aromatic N) is 3. The molecule has 1 fully saturated rings. The molecule has 2 heterocycles. The van der Waals surface area contributed by atoms with E-state index in [9.17, 15) is 9.18 Å². The van der Waals surface area contributed by atoms with Gasteiger partial charge in [-0.25, -0.2) is 4.39 Å². The Balaban J connectivity index is 1.55. The number of amides is 1. The Morgan fingerprint density at radius 3 is 2.77 bits per heavy atom. The lowest BCUT2D eigenvalue weighted by atomic mass is 10.1. The third kappa shape index (κ3) is 2.92. The van der Waals surface area contributed by atoms with Crippen LogP contribution >= 0.6 is 0 Å². The van der Waals surface area contributed by atoms with E-state index in [0.717, 1.165) is 5.56 Å². The zero-order valence-corrected chi connectivity index (χ0v) is 14.1. The third-order valence-corrected chi connectivity index (χ3v) is 4.40. The van der Waals surface area contributed by atoms with E-state index >= 15 is 0 Å². The van der Waals surface area contributed by atoms with Crippen molar-refractivity contribution in [2.75, 3.05) is 18.6 Å². The number of carbonyl (C=O) groups is 1. The van der Waals surface area contributed by atoms with E-state index in [1.54, 1.807) is 6.07 Å². The van der Waals surface area contributed by atoms with E-state index in [4.69, 9.17) is 9.26 Å². The van der Waals surface area contributed by atoms with Gasteiger partial charge in [0.2, 0.25) is 17.6 Å². The fourth-order valence-corrected chi connectivity index (χ4v) is 3.05. The number of benzene rings is 2. The van der Waals surface area contributed by atoms with Crippen molar-refractivity contribution in [1.82, 2.24) is 10.1 Å². The topological polar surface area (TPSA) is 68.5 Å². The van der Waals surface area contributed by atoms with Crippen LogP contribution in [0.2, 0.25) is 0 Å². The van der Waals surface area contributed by atoms with E-state index in [0.29, 0.717) is 23.9 Å². The largest absolute Gasteiger partial charge is 0.494 e. The van der Waals surface area contributed by atoms with Crippen LogP contribution in [0.5, 0.6) is 5.75 Å². The molecule has 1 aliphatic rings. The summed E-state index contributed by atoms with van der Waals surface area (Å²) >= 11 is 0. The van der Waals surface area contributed by atoms with Gasteiger partial charge in [0.05, 0.1) is 13.0 Å². The highest BCUT2D eigenvalue weighted by molar-refractivity contribution is 5.96. The van der Waals surface area contributed by atoms with Crippen LogP contribution in [0.3, 0.4) is 0 Å². The average molecular weight is 353 g/mol. The van der Waals surface area contributed by atoms with Gasteiger partial charge in [-0.15, -0.1) is 0 Å². The van der Waals surface area contributed by atoms with Gasteiger partial charge >= 0.3 is 0 Å². The molecule has 2 aromatic carbocycles. The number of anilines is 1. The Labute approximate surface area is 149 Å². The second kappa shape index (κ2) is 6.59. The quantitative estimate of drug-likeness (QED) is 0.719. The van der Waals surface area contributed by atoms with E-state index in [-0.39, 0.29) is 24.0 Å². The lowest BCUT2D eigenvalue weighted by Gasteiger charge is -2.16. The maximum atomic E-state index is 13.9. The van der Waals surface area contributed by atoms with Crippen molar-refractivity contribution in [1.29, 1.82) is 0 Å². The number of aromatic nitrogens is 2. The molecule has 0 aliphatic carbocycles. The maximum Gasteiger partial charge on any atom is 0.232 e. The number of rotatable bonds is 4. The van der Waals surface area contributed by atoms with Gasteiger partial charge in [0, 0.05) is 30.3 Å². The van der Waals surface area contributed by atoms with Gasteiger partial charge in [0.25, 0.3) is 0 Å². The van der Waals surface area contributed by atoms with E-state index in [2.05, 4.69) is 10.1 Å². The number of hydrogen-bond acceptors (Lipinski definition) is 5. The van der Waals surface area contributed by atoms with Crippen LogP contribution in [-0.2, 0) is 4.79 Å². The van der Waals surface area contributed by atoms with Gasteiger partial charge in [-0.1, -0.05) is 35.5 Å². The summed E-state index contributed by atoms with van der Waals surface area (Å²) in [6.07, 6.45) is 0.240. The minimum Gasteiger partial charge on any atom is -0.494 e. The predicted octanol–water partition coefficient (Wildman–Crippen LogP) is 3.40. The van der Waals surface area contributed by atoms with Crippen molar-refractivity contribution in [3.05, 3.63) is 60.2 Å². The van der Waals surface area contributed by atoms with Crippen LogP contribution in [0, 0.1) is 5.82 Å². The number of hydrogen-bond donors (Lipinski definition) is 0. The average Bonchev–Trinajstić information content (AvgIpc) is 3.29. The fraction of sp³-hybridized carbons (Fsp3) is 0.211. The molecule has 1 aromatic heterocycles. The summed E-state index contributed by atoms with van der Waals surface area (Å²) in [6.45, 7) is 0.362. The van der Waals surface area contributed by atoms with Crippen LogP contribution < -0.4 is 9.64 Å². The summed E-state index contributed by atoms with van der Waals surface area (Å²) in [5, 5.41) is 4.00. The summed E-state index contributed by atoms with van der Waals surface area (Å²) in [5.41, 5.74) is 1.33. The second-order valence-electron chi connectivity index (χ2n) is 6.05. The molecule has 6 nitrogen and oxygen atoms in total. The standard InChI is InChI=1S/C19H16FN3O3/c1-25-16-8-7-14(10-15(16)20)23-11-13(9-17(23)24)19-21-18(22-26-19)12-5-3-2-4-6-12/h2-8,10,13H,9,11H2,1H3. The molecule has 7 heteroatoms. The Hall–Kier alpha value is -3.22. The highest BCUT2D eigenvalue weighted by atomic mass is 19.1. The van der Waals surface area contributed by atoms with Gasteiger partial charge in [0.1, 0.15) is 0 Å². The van der Waals surface area contributed by atoms with Crippen LogP contribution in [0.25, 0.3) is 11.4 Å². The highest BCUT2D eigenvalue weighted by Gasteiger charge is 2.35. The molecular formula is C19H16FN3O3. The first-order chi connectivity index (χ1) is 12.7. The summed E-state index contributed by atoms with van der Waals surface area (Å²) in [6, 6.07) is 13.9. The van der Waals surface area contributed by atoms with Crippen LogP contribution in [0.1, 0.15) is 18.2 Å². The molecular weight excluding hydrogens is 337 g/mol. The molecule has 0 spiro atoms. The van der Waals surface area contributed by atoms with Crippen LogP contribution in [-0.4, -0.2) is 29.7 Å². The summed E-state index contributed by atoms with van der Waals surface area (Å²) in [7, 11) is 1.40. The van der Waals surface area contributed by atoms with Gasteiger partial charge in [-0.3, -0.25) is 4.79 Å². The molecule has 132 valence electrons. The molecule has 1 saturated heterocycles. The molecule has 1 unspecified atom stereocenters. The first kappa shape index (κ1) is 16.3. The number of ether oxygens (including phenoxy) is 1. The van der Waals surface area contributed by atoms with Crippen molar-refractivity contribution in [3.8, 4) is 17.1 Å². The molecule has 1 amide bonds. The van der Waals surface area contributed by atoms with Crippen molar-refractivity contribution in [2.45, 2.75) is 12.3 Å². The van der Waals surface area contributed by atoms with Crippen molar-refractivity contribution in [3.63, 3.8) is 0 Å². The van der Waals surface area contributed by atoms with Gasteiger partial charge in [-0.2, -0.15) is 4.98 Å². The van der Waals surface area contributed by atoms with Gasteiger partial charge in [-0.05, 0) is 12.1 Å². The summed E-state index contributed by atoms with van der Waals surface area (Å²) in [4.78, 5) is 18.3. The Morgan fingerprint density at radius 2 is 2.04 bits per heavy atom. The molecule has 4 rings (SSSR count). The van der Waals surface area contributed by atoms with Crippen molar-refractivity contribution < 1.29 is 18.4 Å². The third-order valence-electron chi connectivity index (χ3n) is 4.40. The SMILES string of the molecule is COc1ccc(N2CC(c3nc(-c4ccccc4)no3)CC2=O)cc1F. The minimum absolute atomic E-state index is 0.112. The Morgan fingerprint density at radius 1 is 1.23 bits per heavy atom. The fourth-order valence-electron chi connectivity index (χ4n) is 3.05. The zero-order chi connectivity index (χ0) is 18.1. The highest BCUT2D eigenvalue weighted by Crippen LogP contribution is 2.33. The van der Waals surface area contributed by atoms with Crippen molar-refractivity contribution >= 4 is 11.6 Å². The Kier molecular flexibility index (Phi) is 4.12. The lowest BCUT2D eigenvalue weighted by Crippen LogP contribution is -2.24. The minimum atomic E-state index is -0.509. The lowest BCUT2D eigenvalue weighted by molar-refractivity contribution is -0.117. The van der Waals surface area contributed by atoms with Crippen LogP contribution in [0.15, 0.2) is 53.1 Å². The zero-order valence-electron chi connectivity index (χ0n) is 14.1. The van der Waals surface area contributed by atoms with Gasteiger partial charge < -0.3 is 14.2 Å². The predicted molar refractivity (Wildman–Crippen MR) is 92.4 cm³/mol. The number of carbonyl (C=O) groups excluding carboxylic acids is 1. The first-order valence-corrected chi connectivity index (χ1v) is 8.18. The first-order valence-electron chi connectivity index (χ1n) is 8.18. The smallest absolute Gasteiger partial charge is 0.232 e. The van der Waals surface area contributed by atoms with E-state index in [1.807, 2.05) is 30.3 Å². The summed E-state index contributed by atoms with van der Waals surface area (Å²) < 4.78 is 24.2. The number of methoxy groups -OCH3 is 1. The van der Waals surface area contributed by atoms with E-state index in [1.165, 1.54) is 24.1 Å². The monoisotopic (exact) mass is 353 g/mol. The number of halogens is 1. The molecule has 26 heavy (non-hydrogen) atoms. The van der Waals surface area contributed by atoms with E-state index < -0.39 is 5.82 Å². The maximum absolute atomic E-state index is 13.9. The Bertz CT molecular complexity index is 942. The molecule has 1 atom stereocenters. The normalized spacial score (nSPS) is 16.9. The molecule has 3 aromatic rings. The second-order valence-corrected chi connectivity index (χ2v) is 6.05. The molecule has 0 radical (unpaired) electrons. The molecule has 0 N–H and O–H groups in total. The molecule has 0 saturated carbocycles.